The fourth-order valence-electron chi connectivity index (χ4n) is 1.36. The van der Waals surface area contributed by atoms with Gasteiger partial charge >= 0.3 is 0 Å². The van der Waals surface area contributed by atoms with Crippen LogP contribution < -0.4 is 11.1 Å². The number of nitrogens with one attached hydrogen (secondary N) is 1. The first-order valence-electron chi connectivity index (χ1n) is 5.17. The van der Waals surface area contributed by atoms with Gasteiger partial charge in [-0.2, -0.15) is 5.10 Å². The average molecular weight is 222 g/mol. The minimum Gasteiger partial charge on any atom is -0.396 e. The van der Waals surface area contributed by atoms with Crippen LogP contribution in [-0.4, -0.2) is 21.7 Å². The van der Waals surface area contributed by atoms with Crippen LogP contribution in [0.2, 0.25) is 0 Å². The van der Waals surface area contributed by atoms with Crippen LogP contribution in [0.5, 0.6) is 0 Å². The van der Waals surface area contributed by atoms with Gasteiger partial charge in [0.25, 0.3) is 0 Å². The third-order valence-electron chi connectivity index (χ3n) is 2.47. The molecule has 0 saturated carbocycles. The number of nitrogen functional groups attached to an aromatic ring is 1. The second kappa shape index (κ2) is 4.83. The molecular weight excluding hydrogens is 204 g/mol. The van der Waals surface area contributed by atoms with Crippen molar-refractivity contribution in [2.24, 2.45) is 0 Å². The summed E-state index contributed by atoms with van der Waals surface area (Å²) in [5.41, 5.74) is 7.99. The van der Waals surface area contributed by atoms with Crippen LogP contribution in [-0.2, 0) is 11.3 Å². The van der Waals surface area contributed by atoms with Gasteiger partial charge in [0.1, 0.15) is 6.54 Å². The molecule has 0 saturated heterocycles. The highest BCUT2D eigenvalue weighted by molar-refractivity contribution is 5.76. The fraction of sp³-hybridized carbons (Fsp3) is 0.455. The monoisotopic (exact) mass is 222 g/mol. The number of nitrogens with zero attached hydrogens (tertiary/aromatic N) is 2. The Morgan fingerprint density at radius 2 is 2.31 bits per heavy atom. The summed E-state index contributed by atoms with van der Waals surface area (Å²) in [4.78, 5) is 11.6. The molecule has 1 unspecified atom stereocenters. The van der Waals surface area contributed by atoms with Crippen LogP contribution in [0.25, 0.3) is 0 Å². The zero-order valence-electron chi connectivity index (χ0n) is 9.95. The number of hydrogen-bond acceptors (Lipinski definition) is 3. The Labute approximate surface area is 95.3 Å². The molecule has 16 heavy (non-hydrogen) atoms. The molecule has 5 heteroatoms. The second-order valence-electron chi connectivity index (χ2n) is 3.83. The van der Waals surface area contributed by atoms with Gasteiger partial charge in [0.15, 0.2) is 0 Å². The largest absolute Gasteiger partial charge is 0.396 e. The summed E-state index contributed by atoms with van der Waals surface area (Å²) < 4.78 is 1.61. The lowest BCUT2D eigenvalue weighted by molar-refractivity contribution is -0.122. The van der Waals surface area contributed by atoms with E-state index in [9.17, 15) is 4.79 Å². The lowest BCUT2D eigenvalue weighted by Crippen LogP contribution is -2.34. The highest BCUT2D eigenvalue weighted by Crippen LogP contribution is 2.14. The van der Waals surface area contributed by atoms with E-state index in [1.165, 1.54) is 0 Å². The maximum atomic E-state index is 11.6. The Bertz CT molecular complexity index is 408. The van der Waals surface area contributed by atoms with Gasteiger partial charge in [0, 0.05) is 6.04 Å². The molecule has 0 fully saturated rings. The van der Waals surface area contributed by atoms with E-state index in [2.05, 4.69) is 17.0 Å². The smallest absolute Gasteiger partial charge is 0.242 e. The summed E-state index contributed by atoms with van der Waals surface area (Å²) in [6.45, 7) is 9.31. The standard InChI is InChI=1S/C11H18N4O/c1-5-7(2)13-10(16)6-15-9(4)11(12)8(3)14-15/h5,7H,1,6,12H2,2-4H3,(H,13,16). The lowest BCUT2D eigenvalue weighted by atomic mass is 10.3. The van der Waals surface area contributed by atoms with Gasteiger partial charge in [-0.15, -0.1) is 6.58 Å². The van der Waals surface area contributed by atoms with Crippen LogP contribution in [0.15, 0.2) is 12.7 Å². The molecule has 1 amide bonds. The van der Waals surface area contributed by atoms with Crippen LogP contribution in [0.3, 0.4) is 0 Å². The van der Waals surface area contributed by atoms with E-state index < -0.39 is 0 Å². The molecule has 0 aliphatic rings. The molecule has 0 aromatic carbocycles. The van der Waals surface area contributed by atoms with Gasteiger partial charge < -0.3 is 11.1 Å². The number of aromatic nitrogens is 2. The van der Waals surface area contributed by atoms with E-state index in [4.69, 9.17) is 5.73 Å². The number of carbonyl (C=O) groups is 1. The van der Waals surface area contributed by atoms with Crippen molar-refractivity contribution < 1.29 is 4.79 Å². The normalized spacial score (nSPS) is 12.2. The van der Waals surface area contributed by atoms with Gasteiger partial charge in [0.05, 0.1) is 17.1 Å². The van der Waals surface area contributed by atoms with E-state index in [1.807, 2.05) is 20.8 Å². The Balaban J connectivity index is 2.70. The van der Waals surface area contributed by atoms with Crippen molar-refractivity contribution in [3.63, 3.8) is 0 Å². The number of rotatable bonds is 4. The maximum Gasteiger partial charge on any atom is 0.242 e. The number of hydrogen-bond donors (Lipinski definition) is 2. The molecule has 1 aromatic rings. The predicted octanol–water partition coefficient (Wildman–Crippen LogP) is 0.773. The van der Waals surface area contributed by atoms with E-state index in [1.54, 1.807) is 10.8 Å². The summed E-state index contributed by atoms with van der Waals surface area (Å²) in [5, 5.41) is 6.96. The summed E-state index contributed by atoms with van der Waals surface area (Å²) in [7, 11) is 0. The van der Waals surface area contributed by atoms with E-state index in [-0.39, 0.29) is 18.5 Å². The lowest BCUT2D eigenvalue weighted by Gasteiger charge is -2.09. The van der Waals surface area contributed by atoms with Crippen molar-refractivity contribution in [1.82, 2.24) is 15.1 Å². The van der Waals surface area contributed by atoms with Crippen molar-refractivity contribution >= 4 is 11.6 Å². The molecule has 0 bridgehead atoms. The van der Waals surface area contributed by atoms with Gasteiger partial charge in [-0.05, 0) is 20.8 Å². The first-order chi connectivity index (χ1) is 7.45. The quantitative estimate of drug-likeness (QED) is 0.739. The van der Waals surface area contributed by atoms with E-state index in [0.29, 0.717) is 5.69 Å². The highest BCUT2D eigenvalue weighted by atomic mass is 16.2. The van der Waals surface area contributed by atoms with Crippen LogP contribution in [0, 0.1) is 13.8 Å². The SMILES string of the molecule is C=CC(C)NC(=O)Cn1nc(C)c(N)c1C. The number of amides is 1. The molecule has 1 atom stereocenters. The molecule has 1 rings (SSSR count). The van der Waals surface area contributed by atoms with Gasteiger partial charge in [-0.3, -0.25) is 9.48 Å². The zero-order chi connectivity index (χ0) is 12.3. The van der Waals surface area contributed by atoms with E-state index in [0.717, 1.165) is 11.4 Å². The second-order valence-corrected chi connectivity index (χ2v) is 3.83. The number of anilines is 1. The minimum absolute atomic E-state index is 0.0400. The van der Waals surface area contributed by atoms with Crippen molar-refractivity contribution in [3.8, 4) is 0 Å². The van der Waals surface area contributed by atoms with Crippen molar-refractivity contribution in [3.05, 3.63) is 24.0 Å². The van der Waals surface area contributed by atoms with Gasteiger partial charge in [-0.25, -0.2) is 0 Å². The third-order valence-corrected chi connectivity index (χ3v) is 2.47. The van der Waals surface area contributed by atoms with Crippen molar-refractivity contribution in [2.45, 2.75) is 33.4 Å². The Hall–Kier alpha value is -1.78. The molecule has 0 aliphatic carbocycles. The molecule has 5 nitrogen and oxygen atoms in total. The van der Waals surface area contributed by atoms with Gasteiger partial charge in [-0.1, -0.05) is 6.08 Å². The van der Waals surface area contributed by atoms with Crippen LogP contribution in [0.4, 0.5) is 5.69 Å². The minimum atomic E-state index is -0.0991. The summed E-state index contributed by atoms with van der Waals surface area (Å²) in [6, 6.07) is -0.0400. The molecule has 3 N–H and O–H groups in total. The summed E-state index contributed by atoms with van der Waals surface area (Å²) in [6.07, 6.45) is 1.67. The molecule has 88 valence electrons. The number of nitrogens with two attached hydrogens (primary N) is 1. The van der Waals surface area contributed by atoms with Crippen LogP contribution >= 0.6 is 0 Å². The van der Waals surface area contributed by atoms with Crippen LogP contribution in [0.1, 0.15) is 18.3 Å². The molecule has 0 aliphatic heterocycles. The predicted molar refractivity (Wildman–Crippen MR) is 63.9 cm³/mol. The zero-order valence-corrected chi connectivity index (χ0v) is 9.95. The maximum absolute atomic E-state index is 11.6. The molecule has 1 heterocycles. The Kier molecular flexibility index (Phi) is 3.71. The third kappa shape index (κ3) is 2.62. The molecule has 0 radical (unpaired) electrons. The first kappa shape index (κ1) is 12.3. The highest BCUT2D eigenvalue weighted by Gasteiger charge is 2.11. The summed E-state index contributed by atoms with van der Waals surface area (Å²) >= 11 is 0. The Morgan fingerprint density at radius 1 is 1.69 bits per heavy atom. The van der Waals surface area contributed by atoms with Crippen molar-refractivity contribution in [1.29, 1.82) is 0 Å². The van der Waals surface area contributed by atoms with Gasteiger partial charge in [0.2, 0.25) is 5.91 Å². The molecule has 1 aromatic heterocycles. The molecular formula is C11H18N4O. The number of carbonyl (C=O) groups excluding carboxylic acids is 1. The number of aryl methyl sites for hydroxylation is 1. The average Bonchev–Trinajstić information content (AvgIpc) is 2.46. The Morgan fingerprint density at radius 3 is 2.75 bits per heavy atom. The summed E-state index contributed by atoms with van der Waals surface area (Å²) in [5.74, 6) is -0.0991. The first-order valence-corrected chi connectivity index (χ1v) is 5.17. The van der Waals surface area contributed by atoms with E-state index >= 15 is 0 Å². The van der Waals surface area contributed by atoms with Crippen molar-refractivity contribution in [2.75, 3.05) is 5.73 Å². The fourth-order valence-corrected chi connectivity index (χ4v) is 1.36. The topological polar surface area (TPSA) is 72.9 Å². The molecule has 0 spiro atoms.